The minimum Gasteiger partial charge on any atom is -0.348 e. The first-order chi connectivity index (χ1) is 13.4. The number of carbonyl (C=O) groups is 1. The Morgan fingerprint density at radius 3 is 2.46 bits per heavy atom. The van der Waals surface area contributed by atoms with Crippen LogP contribution in [0.25, 0.3) is 11.4 Å². The van der Waals surface area contributed by atoms with Crippen molar-refractivity contribution in [3.8, 4) is 11.4 Å². The molecule has 6 nitrogen and oxygen atoms in total. The number of aryl methyl sites for hydroxylation is 1. The minimum absolute atomic E-state index is 0.0364. The summed E-state index contributed by atoms with van der Waals surface area (Å²) < 4.78 is 0. The highest BCUT2D eigenvalue weighted by molar-refractivity contribution is 5.76. The fraction of sp³-hybridized carbons (Fsp3) is 0.364. The molecule has 1 heterocycles. The fourth-order valence-corrected chi connectivity index (χ4v) is 3.15. The molecule has 0 aliphatic rings. The molecule has 146 valence electrons. The lowest BCUT2D eigenvalue weighted by atomic mass is 10.00. The molecule has 1 amide bonds. The number of amides is 1. The van der Waals surface area contributed by atoms with E-state index in [1.807, 2.05) is 38.1 Å². The van der Waals surface area contributed by atoms with Crippen molar-refractivity contribution in [2.45, 2.75) is 46.7 Å². The molecule has 0 fully saturated rings. The molecule has 1 N–H and O–H groups in total. The number of tetrazole rings is 1. The van der Waals surface area contributed by atoms with Crippen molar-refractivity contribution in [1.82, 2.24) is 25.5 Å². The normalized spacial score (nSPS) is 12.2. The topological polar surface area (TPSA) is 72.7 Å². The van der Waals surface area contributed by atoms with Gasteiger partial charge in [-0.05, 0) is 48.1 Å². The van der Waals surface area contributed by atoms with Crippen LogP contribution in [0.1, 0.15) is 43.5 Å². The van der Waals surface area contributed by atoms with Crippen LogP contribution in [-0.2, 0) is 17.8 Å². The molecule has 1 atom stereocenters. The van der Waals surface area contributed by atoms with E-state index in [1.165, 1.54) is 10.4 Å². The van der Waals surface area contributed by atoms with Crippen LogP contribution in [0.5, 0.6) is 0 Å². The molecule has 0 aliphatic carbocycles. The van der Waals surface area contributed by atoms with Crippen molar-refractivity contribution in [2.24, 2.45) is 5.92 Å². The maximum Gasteiger partial charge on any atom is 0.244 e. The molecule has 0 saturated carbocycles. The highest BCUT2D eigenvalue weighted by Gasteiger charge is 2.13. The largest absolute Gasteiger partial charge is 0.348 e. The lowest BCUT2D eigenvalue weighted by Gasteiger charge is -2.15. The number of nitrogens with zero attached hydrogens (tertiary/aromatic N) is 4. The average Bonchev–Trinajstić information content (AvgIpc) is 3.10. The smallest absolute Gasteiger partial charge is 0.244 e. The van der Waals surface area contributed by atoms with E-state index in [2.05, 4.69) is 58.8 Å². The molecule has 1 aromatic heterocycles. The molecule has 3 rings (SSSR count). The Hall–Kier alpha value is -3.02. The van der Waals surface area contributed by atoms with E-state index in [9.17, 15) is 4.79 Å². The van der Waals surface area contributed by atoms with Crippen molar-refractivity contribution < 1.29 is 4.79 Å². The van der Waals surface area contributed by atoms with Crippen LogP contribution in [0.2, 0.25) is 0 Å². The summed E-state index contributed by atoms with van der Waals surface area (Å²) >= 11 is 0. The summed E-state index contributed by atoms with van der Waals surface area (Å²) in [5.74, 6) is 1.01. The van der Waals surface area contributed by atoms with Crippen LogP contribution in [0.4, 0.5) is 0 Å². The van der Waals surface area contributed by atoms with Gasteiger partial charge >= 0.3 is 0 Å². The Labute approximate surface area is 166 Å². The first kappa shape index (κ1) is 19.7. The van der Waals surface area contributed by atoms with Gasteiger partial charge in [-0.2, -0.15) is 4.80 Å². The Morgan fingerprint density at radius 2 is 1.79 bits per heavy atom. The van der Waals surface area contributed by atoms with E-state index in [-0.39, 0.29) is 18.5 Å². The molecule has 0 radical (unpaired) electrons. The van der Waals surface area contributed by atoms with Gasteiger partial charge in [-0.15, -0.1) is 10.2 Å². The molecule has 0 unspecified atom stereocenters. The molecule has 0 saturated heterocycles. The minimum atomic E-state index is -0.146. The van der Waals surface area contributed by atoms with Gasteiger partial charge in [-0.3, -0.25) is 4.79 Å². The second-order valence-electron chi connectivity index (χ2n) is 7.59. The van der Waals surface area contributed by atoms with Crippen molar-refractivity contribution in [3.05, 3.63) is 65.2 Å². The molecular weight excluding hydrogens is 350 g/mol. The van der Waals surface area contributed by atoms with Crippen molar-refractivity contribution in [2.75, 3.05) is 0 Å². The maximum absolute atomic E-state index is 12.4. The van der Waals surface area contributed by atoms with Crippen LogP contribution < -0.4 is 5.32 Å². The summed E-state index contributed by atoms with van der Waals surface area (Å²) in [7, 11) is 0. The van der Waals surface area contributed by atoms with Gasteiger partial charge in [0.15, 0.2) is 0 Å². The number of carbonyl (C=O) groups excluding carboxylic acids is 1. The zero-order valence-electron chi connectivity index (χ0n) is 16.9. The van der Waals surface area contributed by atoms with Gasteiger partial charge < -0.3 is 5.32 Å². The third kappa shape index (κ3) is 5.03. The molecule has 0 aliphatic heterocycles. The van der Waals surface area contributed by atoms with Crippen molar-refractivity contribution in [3.63, 3.8) is 0 Å². The van der Waals surface area contributed by atoms with Crippen molar-refractivity contribution in [1.29, 1.82) is 0 Å². The quantitative estimate of drug-likeness (QED) is 0.681. The van der Waals surface area contributed by atoms with Gasteiger partial charge in [0.25, 0.3) is 0 Å². The van der Waals surface area contributed by atoms with Gasteiger partial charge in [-0.25, -0.2) is 0 Å². The monoisotopic (exact) mass is 377 g/mol. The summed E-state index contributed by atoms with van der Waals surface area (Å²) in [6, 6.07) is 16.2. The predicted octanol–water partition coefficient (Wildman–Crippen LogP) is 3.72. The van der Waals surface area contributed by atoms with Crippen LogP contribution in [0, 0.1) is 12.8 Å². The van der Waals surface area contributed by atoms with Crippen molar-refractivity contribution >= 4 is 5.91 Å². The van der Waals surface area contributed by atoms with E-state index in [1.54, 1.807) is 0 Å². The van der Waals surface area contributed by atoms with Crippen LogP contribution in [0.3, 0.4) is 0 Å². The molecule has 3 aromatic rings. The highest BCUT2D eigenvalue weighted by Crippen LogP contribution is 2.18. The Balaban J connectivity index is 1.59. The average molecular weight is 377 g/mol. The fourth-order valence-electron chi connectivity index (χ4n) is 3.15. The van der Waals surface area contributed by atoms with Gasteiger partial charge in [0.2, 0.25) is 11.7 Å². The SMILES string of the molecule is Cc1ccccc1-c1nnn(CC(=O)N[C@@H](C)c2ccc(CC(C)C)cc2)n1. The molecule has 6 heteroatoms. The summed E-state index contributed by atoms with van der Waals surface area (Å²) in [4.78, 5) is 13.7. The van der Waals surface area contributed by atoms with Gasteiger partial charge in [0, 0.05) is 5.56 Å². The molecule has 0 spiro atoms. The summed E-state index contributed by atoms with van der Waals surface area (Å²) in [5.41, 5.74) is 4.38. The number of rotatable bonds is 7. The predicted molar refractivity (Wildman–Crippen MR) is 110 cm³/mol. The standard InChI is InChI=1S/C22H27N5O/c1-15(2)13-18-9-11-19(12-10-18)17(4)23-21(28)14-27-25-22(24-26-27)20-8-6-5-7-16(20)3/h5-12,15,17H,13-14H2,1-4H3,(H,23,28)/t17-/m0/s1. The number of hydrogen-bond donors (Lipinski definition) is 1. The summed E-state index contributed by atoms with van der Waals surface area (Å²) in [6.07, 6.45) is 1.06. The van der Waals surface area contributed by atoms with Crippen LogP contribution in [0.15, 0.2) is 48.5 Å². The van der Waals surface area contributed by atoms with E-state index in [0.29, 0.717) is 11.7 Å². The van der Waals surface area contributed by atoms with Crippen LogP contribution >= 0.6 is 0 Å². The molecular formula is C22H27N5O. The highest BCUT2D eigenvalue weighted by atomic mass is 16.2. The number of aromatic nitrogens is 4. The third-order valence-corrected chi connectivity index (χ3v) is 4.63. The second-order valence-corrected chi connectivity index (χ2v) is 7.59. The molecule has 0 bridgehead atoms. The Kier molecular flexibility index (Phi) is 6.19. The lowest BCUT2D eigenvalue weighted by molar-refractivity contribution is -0.122. The Bertz CT molecular complexity index is 930. The number of hydrogen-bond acceptors (Lipinski definition) is 4. The zero-order chi connectivity index (χ0) is 20.1. The van der Waals surface area contributed by atoms with E-state index in [0.717, 1.165) is 23.1 Å². The zero-order valence-corrected chi connectivity index (χ0v) is 16.9. The number of nitrogens with one attached hydrogen (secondary N) is 1. The van der Waals surface area contributed by atoms with Gasteiger partial charge in [0.05, 0.1) is 6.04 Å². The van der Waals surface area contributed by atoms with E-state index in [4.69, 9.17) is 0 Å². The van der Waals surface area contributed by atoms with Crippen LogP contribution in [-0.4, -0.2) is 26.1 Å². The summed E-state index contributed by atoms with van der Waals surface area (Å²) in [6.45, 7) is 8.42. The lowest BCUT2D eigenvalue weighted by Crippen LogP contribution is -2.30. The second kappa shape index (κ2) is 8.78. The maximum atomic E-state index is 12.4. The van der Waals surface area contributed by atoms with E-state index < -0.39 is 0 Å². The van der Waals surface area contributed by atoms with E-state index >= 15 is 0 Å². The molecule has 2 aromatic carbocycles. The molecule has 28 heavy (non-hydrogen) atoms. The van der Waals surface area contributed by atoms with Gasteiger partial charge in [0.1, 0.15) is 6.54 Å². The third-order valence-electron chi connectivity index (χ3n) is 4.63. The first-order valence-electron chi connectivity index (χ1n) is 9.64. The number of benzene rings is 2. The first-order valence-corrected chi connectivity index (χ1v) is 9.64. The Morgan fingerprint density at radius 1 is 1.07 bits per heavy atom. The van der Waals surface area contributed by atoms with Gasteiger partial charge in [-0.1, -0.05) is 62.4 Å². The summed E-state index contributed by atoms with van der Waals surface area (Å²) in [5, 5.41) is 15.4.